The fourth-order valence-corrected chi connectivity index (χ4v) is 4.22. The SMILES string of the molecule is O=C(O)CN1C(=O)/C(=C/c2csc(N3CCOCC3)n2)SC1=S. The van der Waals surface area contributed by atoms with Crippen molar-refractivity contribution in [1.82, 2.24) is 9.88 Å². The normalized spacial score (nSPS) is 20.6. The van der Waals surface area contributed by atoms with Crippen LogP contribution in [-0.2, 0) is 14.3 Å². The number of morpholine rings is 1. The molecule has 2 aliphatic heterocycles. The van der Waals surface area contributed by atoms with Gasteiger partial charge in [0.15, 0.2) is 5.13 Å². The van der Waals surface area contributed by atoms with E-state index in [0.29, 0.717) is 23.8 Å². The highest BCUT2D eigenvalue weighted by Gasteiger charge is 2.33. The molecule has 23 heavy (non-hydrogen) atoms. The Hall–Kier alpha value is -1.49. The highest BCUT2D eigenvalue weighted by atomic mass is 32.2. The summed E-state index contributed by atoms with van der Waals surface area (Å²) in [5.74, 6) is -1.48. The van der Waals surface area contributed by atoms with E-state index in [1.54, 1.807) is 6.08 Å². The predicted molar refractivity (Wildman–Crippen MR) is 92.7 cm³/mol. The summed E-state index contributed by atoms with van der Waals surface area (Å²) in [4.78, 5) is 31.1. The topological polar surface area (TPSA) is 83.0 Å². The second-order valence-corrected chi connectivity index (χ2v) is 7.33. The van der Waals surface area contributed by atoms with E-state index >= 15 is 0 Å². The minimum Gasteiger partial charge on any atom is -0.480 e. The van der Waals surface area contributed by atoms with Crippen LogP contribution in [0.1, 0.15) is 5.69 Å². The summed E-state index contributed by atoms with van der Waals surface area (Å²) in [5.41, 5.74) is 0.673. The Morgan fingerprint density at radius 1 is 1.48 bits per heavy atom. The molecule has 0 radical (unpaired) electrons. The van der Waals surface area contributed by atoms with Gasteiger partial charge in [0.2, 0.25) is 0 Å². The molecule has 3 heterocycles. The molecule has 0 saturated carbocycles. The van der Waals surface area contributed by atoms with Crippen LogP contribution in [-0.4, -0.2) is 64.0 Å². The summed E-state index contributed by atoms with van der Waals surface area (Å²) in [5, 5.41) is 11.6. The summed E-state index contributed by atoms with van der Waals surface area (Å²) in [6.07, 6.45) is 1.65. The number of ether oxygens (including phenoxy) is 1. The van der Waals surface area contributed by atoms with Crippen LogP contribution in [0.2, 0.25) is 0 Å². The first-order valence-corrected chi connectivity index (χ1v) is 8.90. The van der Waals surface area contributed by atoms with Gasteiger partial charge in [-0.3, -0.25) is 14.5 Å². The van der Waals surface area contributed by atoms with Gasteiger partial charge in [-0.25, -0.2) is 4.98 Å². The molecule has 0 aromatic carbocycles. The number of carboxylic acid groups (broad SMARTS) is 1. The second-order valence-electron chi connectivity index (χ2n) is 4.82. The summed E-state index contributed by atoms with van der Waals surface area (Å²) >= 11 is 7.67. The number of amides is 1. The fraction of sp³-hybridized carbons (Fsp3) is 0.385. The predicted octanol–water partition coefficient (Wildman–Crippen LogP) is 1.27. The lowest BCUT2D eigenvalue weighted by molar-refractivity contribution is -0.140. The molecule has 3 rings (SSSR count). The van der Waals surface area contributed by atoms with Crippen LogP contribution < -0.4 is 4.90 Å². The largest absolute Gasteiger partial charge is 0.480 e. The lowest BCUT2D eigenvalue weighted by atomic mass is 10.3. The third kappa shape index (κ3) is 3.71. The zero-order chi connectivity index (χ0) is 16.4. The molecule has 2 aliphatic rings. The standard InChI is InChI=1S/C13H13N3O4S3/c17-10(18)6-16-11(19)9(23-13(16)21)5-8-7-22-12(14-8)15-1-3-20-4-2-15/h5,7H,1-4,6H2,(H,17,18)/b9-5-. The highest BCUT2D eigenvalue weighted by Crippen LogP contribution is 2.33. The Balaban J connectivity index is 1.74. The fourth-order valence-electron chi connectivity index (χ4n) is 2.15. The smallest absolute Gasteiger partial charge is 0.323 e. The summed E-state index contributed by atoms with van der Waals surface area (Å²) < 4.78 is 5.57. The number of carbonyl (C=O) groups is 2. The Kier molecular flexibility index (Phi) is 4.95. The minimum absolute atomic E-state index is 0.257. The van der Waals surface area contributed by atoms with Crippen LogP contribution in [0.25, 0.3) is 6.08 Å². The molecule has 0 unspecified atom stereocenters. The van der Waals surface area contributed by atoms with E-state index < -0.39 is 12.5 Å². The number of thiazole rings is 1. The maximum atomic E-state index is 12.2. The number of aliphatic carboxylic acids is 1. The first kappa shape index (κ1) is 16.4. The van der Waals surface area contributed by atoms with E-state index in [0.717, 1.165) is 34.9 Å². The molecule has 1 N–H and O–H groups in total. The molecular weight excluding hydrogens is 358 g/mol. The third-order valence-electron chi connectivity index (χ3n) is 3.24. The molecule has 0 aliphatic carbocycles. The van der Waals surface area contributed by atoms with Gasteiger partial charge in [0.25, 0.3) is 5.91 Å². The van der Waals surface area contributed by atoms with Gasteiger partial charge in [0.1, 0.15) is 10.9 Å². The molecule has 0 spiro atoms. The van der Waals surface area contributed by atoms with E-state index in [-0.39, 0.29) is 10.2 Å². The van der Waals surface area contributed by atoms with Gasteiger partial charge in [-0.2, -0.15) is 0 Å². The molecular formula is C13H13N3O4S3. The molecule has 1 amide bonds. The molecule has 10 heteroatoms. The van der Waals surface area contributed by atoms with Crippen molar-refractivity contribution in [1.29, 1.82) is 0 Å². The molecule has 1 aromatic rings. The van der Waals surface area contributed by atoms with E-state index in [1.165, 1.54) is 11.3 Å². The Labute approximate surface area is 145 Å². The summed E-state index contributed by atoms with van der Waals surface area (Å²) in [6.45, 7) is 2.55. The Bertz CT molecular complexity index is 682. The summed E-state index contributed by atoms with van der Waals surface area (Å²) in [7, 11) is 0. The van der Waals surface area contributed by atoms with Crippen LogP contribution in [0.5, 0.6) is 0 Å². The summed E-state index contributed by atoms with van der Waals surface area (Å²) in [6, 6.07) is 0. The molecule has 2 fully saturated rings. The molecule has 2 saturated heterocycles. The van der Waals surface area contributed by atoms with Crippen molar-refractivity contribution in [3.05, 3.63) is 16.0 Å². The number of aromatic nitrogens is 1. The van der Waals surface area contributed by atoms with Gasteiger partial charge in [-0.05, 0) is 6.08 Å². The Morgan fingerprint density at radius 2 is 2.22 bits per heavy atom. The number of thiocarbonyl (C=S) groups is 1. The quantitative estimate of drug-likeness (QED) is 0.626. The van der Waals surface area contributed by atoms with Gasteiger partial charge in [0, 0.05) is 18.5 Å². The van der Waals surface area contributed by atoms with Gasteiger partial charge in [-0.1, -0.05) is 24.0 Å². The number of hydrogen-bond donors (Lipinski definition) is 1. The van der Waals surface area contributed by atoms with E-state index in [4.69, 9.17) is 22.1 Å². The number of anilines is 1. The number of rotatable bonds is 4. The van der Waals surface area contributed by atoms with Crippen LogP contribution in [0, 0.1) is 0 Å². The first-order chi connectivity index (χ1) is 11.0. The molecule has 7 nitrogen and oxygen atoms in total. The van der Waals surface area contributed by atoms with Crippen molar-refractivity contribution >= 4 is 62.7 Å². The number of thioether (sulfide) groups is 1. The van der Waals surface area contributed by atoms with Crippen LogP contribution in [0.15, 0.2) is 10.3 Å². The van der Waals surface area contributed by atoms with Gasteiger partial charge in [0.05, 0.1) is 23.8 Å². The second kappa shape index (κ2) is 6.95. The van der Waals surface area contributed by atoms with Crippen molar-refractivity contribution in [3.63, 3.8) is 0 Å². The van der Waals surface area contributed by atoms with Crippen LogP contribution in [0.3, 0.4) is 0 Å². The molecule has 0 atom stereocenters. The van der Waals surface area contributed by atoms with E-state index in [2.05, 4.69) is 9.88 Å². The lowest BCUT2D eigenvalue weighted by Crippen LogP contribution is -2.36. The van der Waals surface area contributed by atoms with Crippen molar-refractivity contribution in [2.75, 3.05) is 37.7 Å². The lowest BCUT2D eigenvalue weighted by Gasteiger charge is -2.25. The first-order valence-electron chi connectivity index (χ1n) is 6.80. The maximum absolute atomic E-state index is 12.2. The van der Waals surface area contributed by atoms with Crippen LogP contribution >= 0.6 is 35.3 Å². The van der Waals surface area contributed by atoms with Gasteiger partial charge >= 0.3 is 5.97 Å². The maximum Gasteiger partial charge on any atom is 0.323 e. The minimum atomic E-state index is -1.09. The average molecular weight is 371 g/mol. The molecule has 122 valence electrons. The van der Waals surface area contributed by atoms with E-state index in [1.807, 2.05) is 5.38 Å². The van der Waals surface area contributed by atoms with Crippen LogP contribution in [0.4, 0.5) is 5.13 Å². The van der Waals surface area contributed by atoms with Crippen molar-refractivity contribution < 1.29 is 19.4 Å². The Morgan fingerprint density at radius 3 is 2.91 bits per heavy atom. The monoisotopic (exact) mass is 371 g/mol. The molecule has 0 bridgehead atoms. The van der Waals surface area contributed by atoms with Crippen molar-refractivity contribution in [2.24, 2.45) is 0 Å². The zero-order valence-corrected chi connectivity index (χ0v) is 14.4. The third-order valence-corrected chi connectivity index (χ3v) is 5.53. The van der Waals surface area contributed by atoms with Crippen molar-refractivity contribution in [3.8, 4) is 0 Å². The average Bonchev–Trinajstić information content (AvgIpc) is 3.09. The number of carboxylic acids is 1. The van der Waals surface area contributed by atoms with Gasteiger partial charge < -0.3 is 14.7 Å². The number of hydrogen-bond acceptors (Lipinski definition) is 8. The molecule has 1 aromatic heterocycles. The number of carbonyl (C=O) groups excluding carboxylic acids is 1. The highest BCUT2D eigenvalue weighted by molar-refractivity contribution is 8.26. The van der Waals surface area contributed by atoms with Gasteiger partial charge in [-0.15, -0.1) is 11.3 Å². The van der Waals surface area contributed by atoms with Crippen molar-refractivity contribution in [2.45, 2.75) is 0 Å². The van der Waals surface area contributed by atoms with E-state index in [9.17, 15) is 9.59 Å². The zero-order valence-electron chi connectivity index (χ0n) is 11.9. The number of nitrogens with zero attached hydrogens (tertiary/aromatic N) is 3.